The molecular weight excluding hydrogens is 298 g/mol. The molecule has 1 aliphatic heterocycles. The van der Waals surface area contributed by atoms with Crippen LogP contribution in [0.2, 0.25) is 0 Å². The van der Waals surface area contributed by atoms with Gasteiger partial charge in [-0.15, -0.1) is 0 Å². The second-order valence-corrected chi connectivity index (χ2v) is 5.50. The largest absolute Gasteiger partial charge is 0.480 e. The van der Waals surface area contributed by atoms with Crippen LogP contribution in [0, 0.1) is 0 Å². The molecule has 0 radical (unpaired) electrons. The second-order valence-electron chi connectivity index (χ2n) is 5.50. The van der Waals surface area contributed by atoms with E-state index < -0.39 is 18.1 Å². The van der Waals surface area contributed by atoms with E-state index in [1.54, 1.807) is 6.92 Å². The molecule has 1 amide bonds. The number of hydrogen-bond donors (Lipinski definition) is 1. The lowest BCUT2D eigenvalue weighted by Gasteiger charge is -2.35. The maximum absolute atomic E-state index is 12.6. The molecule has 1 N–H and O–H groups in total. The van der Waals surface area contributed by atoms with Gasteiger partial charge < -0.3 is 19.5 Å². The van der Waals surface area contributed by atoms with Gasteiger partial charge in [0.25, 0.3) is 5.91 Å². The zero-order valence-electron chi connectivity index (χ0n) is 13.5. The first-order valence-corrected chi connectivity index (χ1v) is 7.84. The highest BCUT2D eigenvalue weighted by atomic mass is 16.5. The van der Waals surface area contributed by atoms with Crippen LogP contribution in [0.5, 0.6) is 0 Å². The van der Waals surface area contributed by atoms with E-state index in [0.29, 0.717) is 32.8 Å². The summed E-state index contributed by atoms with van der Waals surface area (Å²) >= 11 is 0. The minimum absolute atomic E-state index is 0.297. The van der Waals surface area contributed by atoms with Crippen molar-refractivity contribution in [3.8, 4) is 0 Å². The normalized spacial score (nSPS) is 18.3. The zero-order chi connectivity index (χ0) is 16.8. The van der Waals surface area contributed by atoms with Crippen LogP contribution in [0.4, 0.5) is 0 Å². The third kappa shape index (κ3) is 4.30. The van der Waals surface area contributed by atoms with Gasteiger partial charge in [-0.1, -0.05) is 24.3 Å². The number of rotatable bonds is 7. The molecule has 0 spiro atoms. The Morgan fingerprint density at radius 3 is 2.65 bits per heavy atom. The van der Waals surface area contributed by atoms with E-state index in [2.05, 4.69) is 0 Å². The van der Waals surface area contributed by atoms with Crippen molar-refractivity contribution in [2.45, 2.75) is 39.0 Å². The molecule has 2 atom stereocenters. The van der Waals surface area contributed by atoms with Gasteiger partial charge in [-0.05, 0) is 25.0 Å². The Bertz CT molecular complexity index is 560. The van der Waals surface area contributed by atoms with Crippen molar-refractivity contribution in [1.82, 2.24) is 4.90 Å². The van der Waals surface area contributed by atoms with E-state index in [1.807, 2.05) is 31.2 Å². The lowest BCUT2D eigenvalue weighted by Crippen LogP contribution is -2.51. The SMILES string of the molecule is CCOCCOC(C)C(=O)N1Cc2ccccc2CC1C(=O)O. The number of carboxylic acid groups (broad SMARTS) is 1. The summed E-state index contributed by atoms with van der Waals surface area (Å²) in [5.41, 5.74) is 1.97. The van der Waals surface area contributed by atoms with Crippen molar-refractivity contribution < 1.29 is 24.2 Å². The highest BCUT2D eigenvalue weighted by molar-refractivity contribution is 5.87. The first-order chi connectivity index (χ1) is 11.0. The highest BCUT2D eigenvalue weighted by Gasteiger charge is 2.36. The van der Waals surface area contributed by atoms with Gasteiger partial charge >= 0.3 is 5.97 Å². The summed E-state index contributed by atoms with van der Waals surface area (Å²) in [6.45, 7) is 5.15. The van der Waals surface area contributed by atoms with Crippen LogP contribution in [0.25, 0.3) is 0 Å². The monoisotopic (exact) mass is 321 g/mol. The van der Waals surface area contributed by atoms with Crippen molar-refractivity contribution in [3.63, 3.8) is 0 Å². The van der Waals surface area contributed by atoms with Gasteiger partial charge in [0.15, 0.2) is 0 Å². The van der Waals surface area contributed by atoms with E-state index in [9.17, 15) is 14.7 Å². The van der Waals surface area contributed by atoms with Crippen LogP contribution in [0.3, 0.4) is 0 Å². The molecule has 0 aromatic heterocycles. The molecule has 0 aliphatic carbocycles. The molecule has 0 fully saturated rings. The molecule has 0 saturated carbocycles. The number of hydrogen-bond acceptors (Lipinski definition) is 4. The predicted octanol–water partition coefficient (Wildman–Crippen LogP) is 1.47. The average Bonchev–Trinajstić information content (AvgIpc) is 2.56. The van der Waals surface area contributed by atoms with Crippen LogP contribution in [-0.2, 0) is 32.0 Å². The van der Waals surface area contributed by atoms with Gasteiger partial charge in [-0.2, -0.15) is 0 Å². The van der Waals surface area contributed by atoms with Gasteiger partial charge in [-0.25, -0.2) is 4.79 Å². The van der Waals surface area contributed by atoms with E-state index in [0.717, 1.165) is 11.1 Å². The summed E-state index contributed by atoms with van der Waals surface area (Å²) in [6.07, 6.45) is -0.370. The topological polar surface area (TPSA) is 76.1 Å². The van der Waals surface area contributed by atoms with Crippen molar-refractivity contribution in [2.75, 3.05) is 19.8 Å². The lowest BCUT2D eigenvalue weighted by atomic mass is 9.93. The van der Waals surface area contributed by atoms with E-state index >= 15 is 0 Å². The summed E-state index contributed by atoms with van der Waals surface area (Å²) in [4.78, 5) is 25.5. The fourth-order valence-electron chi connectivity index (χ4n) is 2.71. The van der Waals surface area contributed by atoms with Crippen LogP contribution in [-0.4, -0.2) is 53.8 Å². The van der Waals surface area contributed by atoms with Crippen LogP contribution < -0.4 is 0 Å². The Kier molecular flexibility index (Phi) is 6.12. The molecule has 126 valence electrons. The molecule has 1 aliphatic rings. The quantitative estimate of drug-likeness (QED) is 0.770. The van der Waals surface area contributed by atoms with E-state index in [1.165, 1.54) is 4.90 Å². The molecule has 0 bridgehead atoms. The second kappa shape index (κ2) is 8.08. The molecule has 1 heterocycles. The highest BCUT2D eigenvalue weighted by Crippen LogP contribution is 2.24. The van der Waals surface area contributed by atoms with Crippen LogP contribution >= 0.6 is 0 Å². The van der Waals surface area contributed by atoms with Crippen molar-refractivity contribution in [1.29, 1.82) is 0 Å². The van der Waals surface area contributed by atoms with Crippen LogP contribution in [0.1, 0.15) is 25.0 Å². The van der Waals surface area contributed by atoms with Crippen molar-refractivity contribution in [3.05, 3.63) is 35.4 Å². The third-order valence-corrected chi connectivity index (χ3v) is 3.96. The van der Waals surface area contributed by atoms with E-state index in [4.69, 9.17) is 9.47 Å². The lowest BCUT2D eigenvalue weighted by molar-refractivity contribution is -0.157. The number of aliphatic carboxylic acids is 1. The standard InChI is InChI=1S/C17H23NO5/c1-3-22-8-9-23-12(2)16(19)18-11-14-7-5-4-6-13(14)10-15(18)17(20)21/h4-7,12,15H,3,8-11H2,1-2H3,(H,20,21). The predicted molar refractivity (Wildman–Crippen MR) is 84.0 cm³/mol. The Morgan fingerprint density at radius 2 is 2.00 bits per heavy atom. The number of nitrogens with zero attached hydrogens (tertiary/aromatic N) is 1. The Morgan fingerprint density at radius 1 is 1.30 bits per heavy atom. The molecule has 6 nitrogen and oxygen atoms in total. The number of benzene rings is 1. The van der Waals surface area contributed by atoms with Crippen molar-refractivity contribution in [2.24, 2.45) is 0 Å². The first-order valence-electron chi connectivity index (χ1n) is 7.84. The summed E-state index contributed by atoms with van der Waals surface area (Å²) in [5, 5.41) is 9.46. The molecule has 23 heavy (non-hydrogen) atoms. The molecular formula is C17H23NO5. The smallest absolute Gasteiger partial charge is 0.326 e. The number of carboxylic acids is 1. The fourth-order valence-corrected chi connectivity index (χ4v) is 2.71. The molecule has 2 unspecified atom stereocenters. The number of ether oxygens (including phenoxy) is 2. The van der Waals surface area contributed by atoms with Gasteiger partial charge in [0.2, 0.25) is 0 Å². The average molecular weight is 321 g/mol. The number of carbonyl (C=O) groups is 2. The van der Waals surface area contributed by atoms with Crippen LogP contribution in [0.15, 0.2) is 24.3 Å². The Labute approximate surface area is 136 Å². The number of amides is 1. The fraction of sp³-hybridized carbons (Fsp3) is 0.529. The van der Waals surface area contributed by atoms with Gasteiger partial charge in [0.05, 0.1) is 13.2 Å². The molecule has 1 aromatic rings. The summed E-state index contributed by atoms with van der Waals surface area (Å²) in [6, 6.07) is 6.76. The maximum atomic E-state index is 12.6. The minimum Gasteiger partial charge on any atom is -0.480 e. The van der Waals surface area contributed by atoms with Crippen molar-refractivity contribution >= 4 is 11.9 Å². The summed E-state index contributed by atoms with van der Waals surface area (Å²) < 4.78 is 10.6. The number of carbonyl (C=O) groups excluding carboxylic acids is 1. The minimum atomic E-state index is -0.991. The molecule has 1 aromatic carbocycles. The first kappa shape index (κ1) is 17.4. The zero-order valence-corrected chi connectivity index (χ0v) is 13.5. The van der Waals surface area contributed by atoms with Gasteiger partial charge in [0, 0.05) is 19.6 Å². The molecule has 6 heteroatoms. The third-order valence-electron chi connectivity index (χ3n) is 3.96. The summed E-state index contributed by atoms with van der Waals surface area (Å²) in [7, 11) is 0. The van der Waals surface area contributed by atoms with Gasteiger partial charge in [0.1, 0.15) is 12.1 Å². The van der Waals surface area contributed by atoms with E-state index in [-0.39, 0.29) is 5.91 Å². The summed E-state index contributed by atoms with van der Waals surface area (Å²) in [5.74, 6) is -1.29. The molecule has 0 saturated heterocycles. The Hall–Kier alpha value is -1.92. The number of fused-ring (bicyclic) bond motifs is 1. The molecule has 2 rings (SSSR count). The Balaban J connectivity index is 2.06. The van der Waals surface area contributed by atoms with Gasteiger partial charge in [-0.3, -0.25) is 4.79 Å². The maximum Gasteiger partial charge on any atom is 0.326 e.